The molecule has 0 saturated carbocycles. The van der Waals surface area contributed by atoms with Gasteiger partial charge >= 0.3 is 0 Å². The summed E-state index contributed by atoms with van der Waals surface area (Å²) in [4.78, 5) is 17.3. The molecule has 2 aliphatic rings. The number of fused-ring (bicyclic) bond motifs is 2. The number of imidazole rings is 1. The van der Waals surface area contributed by atoms with Gasteiger partial charge in [0.2, 0.25) is 15.9 Å². The van der Waals surface area contributed by atoms with E-state index in [1.807, 2.05) is 35.0 Å². The highest BCUT2D eigenvalue weighted by Crippen LogP contribution is 2.34. The van der Waals surface area contributed by atoms with Crippen molar-refractivity contribution in [3.8, 4) is 11.5 Å². The number of carbonyl (C=O) groups is 1. The molecule has 3 aromatic rings. The summed E-state index contributed by atoms with van der Waals surface area (Å²) in [5.41, 5.74) is 1.61. The lowest BCUT2D eigenvalue weighted by Gasteiger charge is -2.30. The molecule has 1 aromatic carbocycles. The van der Waals surface area contributed by atoms with E-state index >= 15 is 0 Å². The predicted octanol–water partition coefficient (Wildman–Crippen LogP) is 1.82. The van der Waals surface area contributed by atoms with Crippen molar-refractivity contribution in [2.75, 3.05) is 26.3 Å². The van der Waals surface area contributed by atoms with Gasteiger partial charge in [-0.05, 0) is 37.1 Å². The zero-order valence-corrected chi connectivity index (χ0v) is 18.3. The molecule has 0 atom stereocenters. The number of piperidine rings is 1. The number of rotatable bonds is 5. The lowest BCUT2D eigenvalue weighted by Crippen LogP contribution is -2.42. The Bertz CT molecular complexity index is 1220. The van der Waals surface area contributed by atoms with Crippen molar-refractivity contribution in [1.29, 1.82) is 0 Å². The lowest BCUT2D eigenvalue weighted by atomic mass is 9.97. The SMILES string of the molecule is O=C(NCc1cn2ccccc2n1)C1CCN(S(=O)(=O)c2ccc3c(c2)OCCO3)CC1. The van der Waals surface area contributed by atoms with Crippen LogP contribution in [0.15, 0.2) is 53.7 Å². The van der Waals surface area contributed by atoms with E-state index in [0.717, 1.165) is 11.3 Å². The summed E-state index contributed by atoms with van der Waals surface area (Å²) < 4.78 is 40.4. The first kappa shape index (κ1) is 20.8. The van der Waals surface area contributed by atoms with Crippen molar-refractivity contribution in [2.24, 2.45) is 5.92 Å². The quantitative estimate of drug-likeness (QED) is 0.628. The summed E-state index contributed by atoms with van der Waals surface area (Å²) in [6.45, 7) is 1.78. The highest BCUT2D eigenvalue weighted by atomic mass is 32.2. The fourth-order valence-corrected chi connectivity index (χ4v) is 5.57. The summed E-state index contributed by atoms with van der Waals surface area (Å²) in [5.74, 6) is 0.701. The Hall–Kier alpha value is -3.11. The van der Waals surface area contributed by atoms with Crippen molar-refractivity contribution in [1.82, 2.24) is 19.0 Å². The number of pyridine rings is 1. The van der Waals surface area contributed by atoms with Gasteiger partial charge in [0, 0.05) is 37.5 Å². The standard InChI is InChI=1S/C22H24N4O5S/c27-22(23-14-17-15-25-8-2-1-3-21(25)24-17)16-6-9-26(10-7-16)32(28,29)18-4-5-19-20(13-18)31-12-11-30-19/h1-5,8,13,15-16H,6-7,9-12,14H2,(H,23,27). The summed E-state index contributed by atoms with van der Waals surface area (Å²) in [5, 5.41) is 2.94. The Morgan fingerprint density at radius 1 is 1.09 bits per heavy atom. The second-order valence-corrected chi connectivity index (χ2v) is 9.84. The molecule has 1 fully saturated rings. The van der Waals surface area contributed by atoms with Crippen molar-refractivity contribution >= 4 is 21.6 Å². The van der Waals surface area contributed by atoms with Crippen LogP contribution in [0.4, 0.5) is 0 Å². The van der Waals surface area contributed by atoms with E-state index in [1.165, 1.54) is 16.4 Å². The maximum atomic E-state index is 13.1. The molecule has 1 N–H and O–H groups in total. The van der Waals surface area contributed by atoms with Crippen LogP contribution in [0, 0.1) is 5.92 Å². The van der Waals surface area contributed by atoms with Gasteiger partial charge in [0.1, 0.15) is 18.9 Å². The molecule has 0 aliphatic carbocycles. The van der Waals surface area contributed by atoms with Crippen molar-refractivity contribution < 1.29 is 22.7 Å². The van der Waals surface area contributed by atoms with E-state index in [2.05, 4.69) is 10.3 Å². The minimum atomic E-state index is -3.66. The first-order chi connectivity index (χ1) is 15.5. The van der Waals surface area contributed by atoms with Gasteiger partial charge in [0.15, 0.2) is 11.5 Å². The highest BCUT2D eigenvalue weighted by molar-refractivity contribution is 7.89. The Kier molecular flexibility index (Phi) is 5.48. The van der Waals surface area contributed by atoms with E-state index in [9.17, 15) is 13.2 Å². The lowest BCUT2D eigenvalue weighted by molar-refractivity contribution is -0.126. The van der Waals surface area contributed by atoms with Gasteiger partial charge in [0.25, 0.3) is 0 Å². The molecule has 32 heavy (non-hydrogen) atoms. The van der Waals surface area contributed by atoms with Crippen LogP contribution in [-0.2, 0) is 21.4 Å². The molecule has 5 rings (SSSR count). The Morgan fingerprint density at radius 3 is 2.66 bits per heavy atom. The maximum Gasteiger partial charge on any atom is 0.243 e. The Labute approximate surface area is 186 Å². The molecule has 4 heterocycles. The number of sulfonamides is 1. The topological polar surface area (TPSA) is 102 Å². The summed E-state index contributed by atoms with van der Waals surface area (Å²) >= 11 is 0. The third kappa shape index (κ3) is 4.03. The van der Waals surface area contributed by atoms with Crippen LogP contribution in [-0.4, -0.2) is 54.3 Å². The van der Waals surface area contributed by atoms with Gasteiger partial charge in [0.05, 0.1) is 17.1 Å². The third-order valence-electron chi connectivity index (χ3n) is 5.83. The normalized spacial score (nSPS) is 17.4. The number of amides is 1. The number of hydrogen-bond acceptors (Lipinski definition) is 6. The second-order valence-electron chi connectivity index (χ2n) is 7.90. The molecule has 1 saturated heterocycles. The van der Waals surface area contributed by atoms with E-state index in [1.54, 1.807) is 6.07 Å². The molecule has 1 amide bonds. The van der Waals surface area contributed by atoms with Crippen LogP contribution in [0.1, 0.15) is 18.5 Å². The molecule has 2 aromatic heterocycles. The fourth-order valence-electron chi connectivity index (χ4n) is 4.09. The monoisotopic (exact) mass is 456 g/mol. The van der Waals surface area contributed by atoms with Gasteiger partial charge in [-0.15, -0.1) is 0 Å². The number of benzene rings is 1. The predicted molar refractivity (Wildman–Crippen MR) is 116 cm³/mol. The van der Waals surface area contributed by atoms with Crippen LogP contribution in [0.3, 0.4) is 0 Å². The molecule has 0 radical (unpaired) electrons. The number of ether oxygens (including phenoxy) is 2. The first-order valence-corrected chi connectivity index (χ1v) is 12.0. The van der Waals surface area contributed by atoms with Gasteiger partial charge in [-0.1, -0.05) is 6.07 Å². The van der Waals surface area contributed by atoms with E-state index < -0.39 is 10.0 Å². The summed E-state index contributed by atoms with van der Waals surface area (Å²) in [6.07, 6.45) is 4.74. The van der Waals surface area contributed by atoms with Gasteiger partial charge in [-0.2, -0.15) is 4.31 Å². The average molecular weight is 457 g/mol. The zero-order chi connectivity index (χ0) is 22.1. The average Bonchev–Trinajstić information content (AvgIpc) is 3.25. The van der Waals surface area contributed by atoms with Crippen LogP contribution < -0.4 is 14.8 Å². The second kappa shape index (κ2) is 8.44. The van der Waals surface area contributed by atoms with Crippen LogP contribution in [0.25, 0.3) is 5.65 Å². The van der Waals surface area contributed by atoms with Crippen molar-refractivity contribution in [2.45, 2.75) is 24.3 Å². The molecule has 0 bridgehead atoms. The molecule has 2 aliphatic heterocycles. The smallest absolute Gasteiger partial charge is 0.243 e. The minimum absolute atomic E-state index is 0.0709. The van der Waals surface area contributed by atoms with Crippen LogP contribution >= 0.6 is 0 Å². The van der Waals surface area contributed by atoms with Crippen LogP contribution in [0.2, 0.25) is 0 Å². The molecular formula is C22H24N4O5S. The molecule has 10 heteroatoms. The molecular weight excluding hydrogens is 432 g/mol. The molecule has 0 spiro atoms. The summed E-state index contributed by atoms with van der Waals surface area (Å²) in [7, 11) is -3.66. The van der Waals surface area contributed by atoms with Crippen molar-refractivity contribution in [3.05, 3.63) is 54.5 Å². The van der Waals surface area contributed by atoms with E-state index in [4.69, 9.17) is 9.47 Å². The third-order valence-corrected chi connectivity index (χ3v) is 7.73. The van der Waals surface area contributed by atoms with Gasteiger partial charge in [-0.3, -0.25) is 4.79 Å². The Balaban J connectivity index is 1.18. The molecule has 9 nitrogen and oxygen atoms in total. The minimum Gasteiger partial charge on any atom is -0.486 e. The Morgan fingerprint density at radius 2 is 1.88 bits per heavy atom. The number of carbonyl (C=O) groups excluding carboxylic acids is 1. The molecule has 168 valence electrons. The van der Waals surface area contributed by atoms with E-state index in [-0.39, 0.29) is 16.7 Å². The number of nitrogens with zero attached hydrogens (tertiary/aromatic N) is 3. The van der Waals surface area contributed by atoms with Gasteiger partial charge in [-0.25, -0.2) is 13.4 Å². The fraction of sp³-hybridized carbons (Fsp3) is 0.364. The maximum absolute atomic E-state index is 13.1. The van der Waals surface area contributed by atoms with Crippen molar-refractivity contribution in [3.63, 3.8) is 0 Å². The number of nitrogens with one attached hydrogen (secondary N) is 1. The number of hydrogen-bond donors (Lipinski definition) is 1. The number of aromatic nitrogens is 2. The zero-order valence-electron chi connectivity index (χ0n) is 17.4. The van der Waals surface area contributed by atoms with Gasteiger partial charge < -0.3 is 19.2 Å². The van der Waals surface area contributed by atoms with E-state index in [0.29, 0.717) is 57.2 Å². The summed E-state index contributed by atoms with van der Waals surface area (Å²) in [6, 6.07) is 10.4. The molecule has 0 unspecified atom stereocenters. The van der Waals surface area contributed by atoms with Crippen LogP contribution in [0.5, 0.6) is 11.5 Å². The largest absolute Gasteiger partial charge is 0.486 e. The highest BCUT2D eigenvalue weighted by Gasteiger charge is 2.32. The first-order valence-electron chi connectivity index (χ1n) is 10.6.